The zero-order valence-electron chi connectivity index (χ0n) is 14.4. The van der Waals surface area contributed by atoms with E-state index in [9.17, 15) is 4.79 Å². The molecule has 1 atom stereocenters. The summed E-state index contributed by atoms with van der Waals surface area (Å²) in [7, 11) is 0. The van der Waals surface area contributed by atoms with Crippen LogP contribution < -0.4 is 10.5 Å². The highest BCUT2D eigenvalue weighted by Crippen LogP contribution is 2.16. The van der Waals surface area contributed by atoms with Crippen molar-refractivity contribution in [2.75, 3.05) is 33.0 Å². The fourth-order valence-corrected chi connectivity index (χ4v) is 2.07. The minimum atomic E-state index is -0.942. The van der Waals surface area contributed by atoms with Gasteiger partial charge in [-0.15, -0.1) is 0 Å². The van der Waals surface area contributed by atoms with Crippen LogP contribution in [-0.4, -0.2) is 44.1 Å². The maximum absolute atomic E-state index is 10.2. The predicted octanol–water partition coefficient (Wildman–Crippen LogP) is 2.76. The van der Waals surface area contributed by atoms with Gasteiger partial charge in [0.2, 0.25) is 0 Å². The highest BCUT2D eigenvalue weighted by Gasteiger charge is 2.00. The number of carbonyl (C=O) groups is 1. The van der Waals surface area contributed by atoms with E-state index in [4.69, 9.17) is 25.1 Å². The molecule has 0 saturated carbocycles. The van der Waals surface area contributed by atoms with Crippen molar-refractivity contribution < 1.29 is 24.1 Å². The van der Waals surface area contributed by atoms with Gasteiger partial charge in [-0.2, -0.15) is 0 Å². The van der Waals surface area contributed by atoms with Crippen LogP contribution in [-0.2, 0) is 14.3 Å². The molecule has 0 saturated heterocycles. The lowest BCUT2D eigenvalue weighted by atomic mass is 10.1. The maximum atomic E-state index is 10.2. The Bertz CT molecular complexity index is 447. The Hall–Kier alpha value is -1.63. The van der Waals surface area contributed by atoms with Gasteiger partial charge >= 0.3 is 5.97 Å². The molecular formula is C18H29NO5. The van der Waals surface area contributed by atoms with Gasteiger partial charge in [-0.05, 0) is 50.3 Å². The second kappa shape index (κ2) is 12.8. The van der Waals surface area contributed by atoms with Crippen molar-refractivity contribution in [1.29, 1.82) is 0 Å². The molecule has 6 nitrogen and oxygen atoms in total. The molecule has 0 aliphatic rings. The summed E-state index contributed by atoms with van der Waals surface area (Å²) in [5, 5.41) is 8.39. The molecule has 3 N–H and O–H groups in total. The van der Waals surface area contributed by atoms with E-state index in [1.54, 1.807) is 0 Å². The third-order valence-electron chi connectivity index (χ3n) is 3.41. The Balaban J connectivity index is 1.89. The van der Waals surface area contributed by atoms with Crippen LogP contribution in [0.3, 0.4) is 0 Å². The average Bonchev–Trinajstić information content (AvgIpc) is 2.56. The van der Waals surface area contributed by atoms with Crippen LogP contribution in [0.4, 0.5) is 0 Å². The lowest BCUT2D eigenvalue weighted by Gasteiger charge is -2.09. The zero-order chi connectivity index (χ0) is 17.6. The lowest BCUT2D eigenvalue weighted by Crippen LogP contribution is -2.09. The molecule has 0 aromatic heterocycles. The number of carboxylic acids is 1. The van der Waals surface area contributed by atoms with Crippen molar-refractivity contribution in [2.24, 2.45) is 5.73 Å². The molecule has 0 fully saturated rings. The Morgan fingerprint density at radius 3 is 2.29 bits per heavy atom. The molecule has 0 heterocycles. The number of nitrogens with two attached hydrogens (primary N) is 1. The molecule has 1 rings (SSSR count). The van der Waals surface area contributed by atoms with Gasteiger partial charge < -0.3 is 25.1 Å². The first-order valence-electron chi connectivity index (χ1n) is 8.45. The first-order valence-corrected chi connectivity index (χ1v) is 8.45. The number of hydrogen-bond donors (Lipinski definition) is 2. The minimum absolute atomic E-state index is 0.0442. The van der Waals surface area contributed by atoms with Crippen molar-refractivity contribution in [3.8, 4) is 5.75 Å². The molecule has 0 aliphatic carbocycles. The number of hydrogen-bond acceptors (Lipinski definition) is 5. The van der Waals surface area contributed by atoms with Gasteiger partial charge in [-0.1, -0.05) is 12.1 Å². The molecule has 6 heteroatoms. The van der Waals surface area contributed by atoms with Gasteiger partial charge in [-0.3, -0.25) is 0 Å². The summed E-state index contributed by atoms with van der Waals surface area (Å²) in [4.78, 5) is 10.2. The van der Waals surface area contributed by atoms with E-state index in [-0.39, 0.29) is 12.6 Å². The summed E-state index contributed by atoms with van der Waals surface area (Å²) in [5.41, 5.74) is 6.91. The smallest absolute Gasteiger partial charge is 0.329 e. The van der Waals surface area contributed by atoms with E-state index < -0.39 is 5.97 Å². The third kappa shape index (κ3) is 10.2. The van der Waals surface area contributed by atoms with Gasteiger partial charge in [0.05, 0.1) is 6.61 Å². The van der Waals surface area contributed by atoms with E-state index in [0.717, 1.165) is 30.6 Å². The summed E-state index contributed by atoms with van der Waals surface area (Å²) in [6.07, 6.45) is 3.74. The molecule has 1 aromatic carbocycles. The summed E-state index contributed by atoms with van der Waals surface area (Å²) in [6, 6.07) is 7.94. The van der Waals surface area contributed by atoms with Crippen LogP contribution >= 0.6 is 0 Å². The highest BCUT2D eigenvalue weighted by atomic mass is 16.5. The molecule has 0 radical (unpaired) electrons. The van der Waals surface area contributed by atoms with Crippen molar-refractivity contribution >= 4 is 5.97 Å². The van der Waals surface area contributed by atoms with Crippen LogP contribution in [0.5, 0.6) is 5.75 Å². The maximum Gasteiger partial charge on any atom is 0.329 e. The van der Waals surface area contributed by atoms with E-state index in [2.05, 4.69) is 0 Å². The number of rotatable bonds is 14. The van der Waals surface area contributed by atoms with Gasteiger partial charge in [0, 0.05) is 25.9 Å². The van der Waals surface area contributed by atoms with Gasteiger partial charge in [0.1, 0.15) is 12.4 Å². The first kappa shape index (κ1) is 20.4. The lowest BCUT2D eigenvalue weighted by molar-refractivity contribution is -0.142. The predicted molar refractivity (Wildman–Crippen MR) is 92.3 cm³/mol. The molecule has 0 amide bonds. The monoisotopic (exact) mass is 339 g/mol. The summed E-state index contributed by atoms with van der Waals surface area (Å²) < 4.78 is 16.1. The van der Waals surface area contributed by atoms with Crippen LogP contribution in [0.15, 0.2) is 24.3 Å². The van der Waals surface area contributed by atoms with E-state index in [1.807, 2.05) is 31.2 Å². The molecule has 0 aliphatic heterocycles. The normalized spacial score (nSPS) is 12.1. The Morgan fingerprint density at radius 1 is 1.00 bits per heavy atom. The van der Waals surface area contributed by atoms with Crippen LogP contribution in [0, 0.1) is 0 Å². The number of benzene rings is 1. The van der Waals surface area contributed by atoms with E-state index in [0.29, 0.717) is 32.8 Å². The number of carboxylic acid groups (broad SMARTS) is 1. The van der Waals surface area contributed by atoms with Crippen molar-refractivity contribution in [3.63, 3.8) is 0 Å². The quantitative estimate of drug-likeness (QED) is 0.507. The molecular weight excluding hydrogens is 310 g/mol. The molecule has 0 spiro atoms. The third-order valence-corrected chi connectivity index (χ3v) is 3.41. The van der Waals surface area contributed by atoms with Crippen molar-refractivity contribution in [3.05, 3.63) is 29.8 Å². The van der Waals surface area contributed by atoms with Crippen molar-refractivity contribution in [2.45, 2.75) is 38.6 Å². The average molecular weight is 339 g/mol. The second-order valence-corrected chi connectivity index (χ2v) is 5.68. The Labute approximate surface area is 143 Å². The number of unbranched alkanes of at least 4 members (excludes halogenated alkanes) is 2. The highest BCUT2D eigenvalue weighted by molar-refractivity contribution is 5.67. The van der Waals surface area contributed by atoms with Crippen LogP contribution in [0.1, 0.15) is 44.2 Å². The fraction of sp³-hybridized carbons (Fsp3) is 0.611. The Kier molecular flexibility index (Phi) is 10.8. The first-order chi connectivity index (χ1) is 11.6. The van der Waals surface area contributed by atoms with Gasteiger partial charge in [0.15, 0.2) is 0 Å². The van der Waals surface area contributed by atoms with E-state index in [1.165, 1.54) is 0 Å². The van der Waals surface area contributed by atoms with Crippen molar-refractivity contribution in [1.82, 2.24) is 0 Å². The molecule has 0 unspecified atom stereocenters. The summed E-state index contributed by atoms with van der Waals surface area (Å²) >= 11 is 0. The molecule has 136 valence electrons. The molecule has 24 heavy (non-hydrogen) atoms. The second-order valence-electron chi connectivity index (χ2n) is 5.68. The Morgan fingerprint density at radius 2 is 1.62 bits per heavy atom. The van der Waals surface area contributed by atoms with Gasteiger partial charge in [-0.25, -0.2) is 4.79 Å². The van der Waals surface area contributed by atoms with Crippen LogP contribution in [0.25, 0.3) is 0 Å². The largest absolute Gasteiger partial charge is 0.494 e. The molecule has 1 aromatic rings. The fourth-order valence-electron chi connectivity index (χ4n) is 2.07. The summed E-state index contributed by atoms with van der Waals surface area (Å²) in [5.74, 6) is -0.0694. The van der Waals surface area contributed by atoms with Gasteiger partial charge in [0.25, 0.3) is 0 Å². The topological polar surface area (TPSA) is 91.0 Å². The van der Waals surface area contributed by atoms with Crippen LogP contribution in [0.2, 0.25) is 0 Å². The SMILES string of the molecule is C[C@@H](N)c1ccc(OCCCCCOCCCOCC(=O)O)cc1. The number of aliphatic carboxylic acids is 1. The number of ether oxygens (including phenoxy) is 3. The van der Waals surface area contributed by atoms with E-state index >= 15 is 0 Å². The zero-order valence-corrected chi connectivity index (χ0v) is 14.4. The summed E-state index contributed by atoms with van der Waals surface area (Å²) in [6.45, 7) is 4.14. The minimum Gasteiger partial charge on any atom is -0.494 e. The molecule has 0 bridgehead atoms. The standard InChI is InChI=1S/C18H29NO5/c1-15(19)16-6-8-17(9-7-16)24-13-4-2-3-10-22-11-5-12-23-14-18(20)21/h6-9,15H,2-5,10-14,19H2,1H3,(H,20,21)/t15-/m1/s1.